The van der Waals surface area contributed by atoms with E-state index in [9.17, 15) is 32.3 Å². The van der Waals surface area contributed by atoms with Crippen LogP contribution < -0.4 is 26.5 Å². The van der Waals surface area contributed by atoms with Gasteiger partial charge < -0.3 is 30.7 Å². The van der Waals surface area contributed by atoms with E-state index in [0.717, 1.165) is 150 Å². The van der Waals surface area contributed by atoms with E-state index in [1.54, 1.807) is 41.6 Å². The summed E-state index contributed by atoms with van der Waals surface area (Å²) in [6, 6.07) is 15.8. The summed E-state index contributed by atoms with van der Waals surface area (Å²) in [7, 11) is 0. The van der Waals surface area contributed by atoms with Crippen molar-refractivity contribution in [2.24, 2.45) is 28.6 Å². The van der Waals surface area contributed by atoms with Crippen molar-refractivity contribution in [3.63, 3.8) is 0 Å². The number of benzene rings is 3. The Labute approximate surface area is 518 Å². The molecular formula is C67H77F3N12O4S2. The van der Waals surface area contributed by atoms with Crippen LogP contribution in [0, 0.1) is 53.7 Å². The molecule has 5 aromatic heterocycles. The Hall–Kier alpha value is -7.25. The van der Waals surface area contributed by atoms with E-state index in [4.69, 9.17) is 11.4 Å². The number of fused-ring (bicyclic) bond motifs is 7. The van der Waals surface area contributed by atoms with E-state index < -0.39 is 17.2 Å². The van der Waals surface area contributed by atoms with Gasteiger partial charge in [-0.25, -0.2) is 22.9 Å². The van der Waals surface area contributed by atoms with Gasteiger partial charge in [0.25, 0.3) is 5.92 Å². The highest BCUT2D eigenvalue weighted by molar-refractivity contribution is 7.26. The molecular weight excluding hydrogens is 1160 g/mol. The minimum Gasteiger partial charge on any atom is -0.354 e. The second-order valence-electron chi connectivity index (χ2n) is 26.7. The quantitative estimate of drug-likeness (QED) is 0.0544. The number of nitrogens with one attached hydrogen (secondary N) is 5. The van der Waals surface area contributed by atoms with Crippen molar-refractivity contribution >= 4 is 88.7 Å². The molecule has 3 aromatic carbocycles. The number of carbonyl (C=O) groups excluding carboxylic acids is 3. The molecule has 2 bridgehead atoms. The van der Waals surface area contributed by atoms with Gasteiger partial charge in [0, 0.05) is 97.0 Å². The zero-order valence-electron chi connectivity index (χ0n) is 50.8. The Morgan fingerprint density at radius 2 is 1.70 bits per heavy atom. The lowest BCUT2D eigenvalue weighted by molar-refractivity contribution is -0.131. The molecule has 462 valence electrons. The number of piperazine rings is 1. The van der Waals surface area contributed by atoms with Crippen LogP contribution in [0.3, 0.4) is 0 Å². The number of anilines is 1. The predicted molar refractivity (Wildman–Crippen MR) is 343 cm³/mol. The normalized spacial score (nSPS) is 23.7. The largest absolute Gasteiger partial charge is 0.354 e. The third kappa shape index (κ3) is 12.4. The molecule has 4 saturated heterocycles. The minimum atomic E-state index is -2.45. The first-order valence-electron chi connectivity index (χ1n) is 30.9. The van der Waals surface area contributed by atoms with Crippen LogP contribution in [0.5, 0.6) is 0 Å². The number of halogens is 3. The number of H-pyrrole nitrogens is 2. The van der Waals surface area contributed by atoms with E-state index in [-0.39, 0.29) is 47.0 Å². The molecule has 21 heteroatoms. The summed E-state index contributed by atoms with van der Waals surface area (Å²) < 4.78 is 42.7. The van der Waals surface area contributed by atoms with Gasteiger partial charge >= 0.3 is 5.69 Å². The zero-order valence-corrected chi connectivity index (χ0v) is 52.4. The molecule has 5 N–H and O–H groups in total. The molecule has 2 saturated carbocycles. The topological polar surface area (TPSA) is 197 Å². The van der Waals surface area contributed by atoms with Crippen molar-refractivity contribution in [3.05, 3.63) is 99.6 Å². The molecule has 0 spiro atoms. The SMILES string of the molecule is C#Cc1c(F)ccc2cc3[nH]ncc3c(-c3nccc4c3sc3nc(=O)[nH]c(N5CC6CCC(C5)N6)c34)c12.C[C@@H](NC(=O)CC1CC(C2CCN(C[C@@]3(C)CC3(F)F)CC2)C1)C(C)(C)C.Cc1ncsc1-c1ccc(CNC(=O)[C@@H]2CCCN2C=O)cc1. The number of hydrogen-bond acceptors (Lipinski definition) is 13. The number of thiophene rings is 1. The molecule has 0 radical (unpaired) electrons. The highest BCUT2D eigenvalue weighted by Gasteiger charge is 2.68. The first-order valence-corrected chi connectivity index (χ1v) is 32.6. The molecule has 2 unspecified atom stereocenters. The van der Waals surface area contributed by atoms with Gasteiger partial charge in [-0.15, -0.1) is 29.1 Å². The van der Waals surface area contributed by atoms with Gasteiger partial charge in [0.05, 0.1) is 49.1 Å². The molecule has 3 amide bonds. The van der Waals surface area contributed by atoms with Crippen LogP contribution in [0.4, 0.5) is 19.0 Å². The highest BCUT2D eigenvalue weighted by atomic mass is 32.1. The van der Waals surface area contributed by atoms with Crippen LogP contribution in [-0.2, 0) is 20.9 Å². The summed E-state index contributed by atoms with van der Waals surface area (Å²) in [6.07, 6.45) is 19.2. The van der Waals surface area contributed by atoms with E-state index >= 15 is 0 Å². The lowest BCUT2D eigenvalue weighted by Crippen LogP contribution is -2.51. The van der Waals surface area contributed by atoms with Gasteiger partial charge in [-0.05, 0) is 136 Å². The zero-order chi connectivity index (χ0) is 61.8. The number of hydrogen-bond donors (Lipinski definition) is 5. The Morgan fingerprint density at radius 3 is 2.38 bits per heavy atom. The fourth-order valence-corrected chi connectivity index (χ4v) is 15.9. The molecule has 16 nitrogen and oxygen atoms in total. The number of carbonyl (C=O) groups is 3. The molecule has 14 rings (SSSR count). The van der Waals surface area contributed by atoms with Gasteiger partial charge in [-0.2, -0.15) is 10.1 Å². The maximum atomic E-state index is 15.0. The number of terminal acetylenes is 1. The van der Waals surface area contributed by atoms with Crippen molar-refractivity contribution in [3.8, 4) is 34.0 Å². The van der Waals surface area contributed by atoms with Gasteiger partial charge in [-0.1, -0.05) is 63.9 Å². The molecule has 6 fully saturated rings. The average molecular weight is 1240 g/mol. The van der Waals surface area contributed by atoms with Gasteiger partial charge in [-0.3, -0.25) is 29.5 Å². The molecule has 8 aromatic rings. The number of likely N-dealkylation sites (tertiary alicyclic amines) is 2. The lowest BCUT2D eigenvalue weighted by Gasteiger charge is -2.44. The number of alkyl halides is 2. The molecule has 5 atom stereocenters. The lowest BCUT2D eigenvalue weighted by atomic mass is 9.65. The van der Waals surface area contributed by atoms with E-state index in [2.05, 4.69) is 96.6 Å². The van der Waals surface area contributed by atoms with E-state index in [0.29, 0.717) is 65.5 Å². The van der Waals surface area contributed by atoms with Crippen LogP contribution in [0.25, 0.3) is 63.7 Å². The number of aryl methyl sites for hydroxylation is 1. The van der Waals surface area contributed by atoms with Crippen molar-refractivity contribution in [2.45, 2.75) is 142 Å². The third-order valence-corrected chi connectivity index (χ3v) is 21.7. The van der Waals surface area contributed by atoms with Crippen molar-refractivity contribution in [2.75, 3.05) is 44.2 Å². The molecule has 9 heterocycles. The van der Waals surface area contributed by atoms with E-state index in [1.807, 2.05) is 36.7 Å². The molecule has 4 aliphatic heterocycles. The van der Waals surface area contributed by atoms with Crippen LogP contribution in [0.15, 0.2) is 71.2 Å². The highest BCUT2D eigenvalue weighted by Crippen LogP contribution is 2.60. The van der Waals surface area contributed by atoms with Crippen molar-refractivity contribution < 1.29 is 27.6 Å². The maximum absolute atomic E-state index is 15.0. The number of rotatable bonds is 13. The van der Waals surface area contributed by atoms with Crippen LogP contribution in [-0.4, -0.2) is 128 Å². The maximum Gasteiger partial charge on any atom is 0.347 e. The second-order valence-corrected chi connectivity index (χ2v) is 28.5. The average Bonchev–Trinajstić information content (AvgIpc) is 1.62. The molecule has 6 aliphatic rings. The van der Waals surface area contributed by atoms with Crippen LogP contribution in [0.1, 0.15) is 116 Å². The minimum absolute atomic E-state index is 0.0557. The van der Waals surface area contributed by atoms with Gasteiger partial charge in [0.1, 0.15) is 22.5 Å². The Morgan fingerprint density at radius 1 is 0.966 bits per heavy atom. The summed E-state index contributed by atoms with van der Waals surface area (Å²) in [5.41, 5.74) is 6.35. The Bertz CT molecular complexity index is 4010. The number of amides is 3. The van der Waals surface area contributed by atoms with Crippen molar-refractivity contribution in [1.82, 2.24) is 55.9 Å². The van der Waals surface area contributed by atoms with Gasteiger partial charge in [0.15, 0.2) is 0 Å². The number of thiazole rings is 1. The smallest absolute Gasteiger partial charge is 0.347 e. The summed E-state index contributed by atoms with van der Waals surface area (Å²) >= 11 is 3.04. The van der Waals surface area contributed by atoms with E-state index in [1.165, 1.54) is 22.3 Å². The number of aromatic amines is 2. The number of pyridine rings is 1. The van der Waals surface area contributed by atoms with Crippen LogP contribution >= 0.6 is 22.7 Å². The van der Waals surface area contributed by atoms with Crippen molar-refractivity contribution in [1.29, 1.82) is 0 Å². The number of aromatic nitrogens is 6. The second kappa shape index (κ2) is 24.6. The fourth-order valence-electron chi connectivity index (χ4n) is 13.9. The number of piperidine rings is 1. The summed E-state index contributed by atoms with van der Waals surface area (Å²) in [5.74, 6) is 2.55. The summed E-state index contributed by atoms with van der Waals surface area (Å²) in [6.45, 7) is 17.5. The predicted octanol–water partition coefficient (Wildman–Crippen LogP) is 11.4. The molecule has 88 heavy (non-hydrogen) atoms. The third-order valence-electron chi connectivity index (χ3n) is 19.7. The van der Waals surface area contributed by atoms with Crippen LogP contribution in [0.2, 0.25) is 0 Å². The first-order chi connectivity index (χ1) is 42.2. The fraction of sp³-hybridized carbons (Fsp3) is 0.493. The first kappa shape index (κ1) is 61.0. The Kier molecular flexibility index (Phi) is 17.1. The monoisotopic (exact) mass is 1230 g/mol. The van der Waals surface area contributed by atoms with Gasteiger partial charge in [0.2, 0.25) is 18.2 Å². The Balaban J connectivity index is 0.000000134. The summed E-state index contributed by atoms with van der Waals surface area (Å²) in [4.78, 5) is 72.4. The summed E-state index contributed by atoms with van der Waals surface area (Å²) in [5, 5.41) is 21.0. The standard InChI is InChI=1S/C28H20FN7OS.C22H38F2N2O.C17H19N3O2S/c1-2-16-19(29)6-3-13-9-20-18(10-31-35-20)22(21(13)16)24-25-17(7-8-30-24)23-26(33-28(37)34-27(23)38-25)36-11-14-4-5-15(12-36)32-14;1-15(20(2,3)4)25-19(27)12-16-10-18(11-16)17-6-8-26(9-7-17)14-21(5)13-22(21,23)24;1-12-16(23-10-19-12)14-6-4-13(5-7-14)9-18-17(22)15-3-2-8-20(15)11-21/h1,3,6-10,14-15,32H,4-5,11-12H2,(H,31,35)(H,33,34,37);15-18H,6-14H2,1-5H3,(H,25,27);4-7,10-11,15H,2-3,8-9H2,1H3,(H,18,22)/t;15-,16?,18?,21-;15-/m.10/s1. The molecule has 2 aliphatic carbocycles. The number of nitrogens with zero attached hydrogens (tertiary/aromatic N) is 7.